The van der Waals surface area contributed by atoms with Crippen LogP contribution in [0.3, 0.4) is 0 Å². The minimum Gasteiger partial charge on any atom is -0.204 e. The van der Waals surface area contributed by atoms with Gasteiger partial charge >= 0.3 is 0 Å². The molecular weight excluding hydrogens is 548 g/mol. The zero-order valence-electron chi connectivity index (χ0n) is 22.7. The molecule has 208 valence electrons. The summed E-state index contributed by atoms with van der Waals surface area (Å²) in [6.07, 6.45) is 1.64. The van der Waals surface area contributed by atoms with Crippen molar-refractivity contribution in [1.82, 2.24) is 4.44 Å². The van der Waals surface area contributed by atoms with Crippen molar-refractivity contribution >= 4 is 25.4 Å². The van der Waals surface area contributed by atoms with Crippen molar-refractivity contribution in [2.75, 3.05) is 0 Å². The predicted octanol–water partition coefficient (Wildman–Crippen LogP) is 9.63. The molecule has 5 rings (SSSR count). The second kappa shape index (κ2) is 11.4. The van der Waals surface area contributed by atoms with Crippen LogP contribution in [0.4, 0.5) is 17.6 Å². The quantitative estimate of drug-likeness (QED) is 0.119. The molecule has 0 spiro atoms. The van der Waals surface area contributed by atoms with Crippen LogP contribution in [0.5, 0.6) is 0 Å². The molecule has 0 unspecified atom stereocenters. The average molecular weight is 582 g/mol. The van der Waals surface area contributed by atoms with Gasteiger partial charge in [-0.1, -0.05) is 72.8 Å². The zero-order valence-corrected chi connectivity index (χ0v) is 24.4. The van der Waals surface area contributed by atoms with Gasteiger partial charge in [-0.2, -0.15) is 15.4 Å². The Labute approximate surface area is 236 Å². The molecule has 7 heteroatoms. The van der Waals surface area contributed by atoms with Crippen LogP contribution in [0.25, 0.3) is 0 Å². The lowest BCUT2D eigenvalue weighted by molar-refractivity contribution is 0.508. The number of rotatable bonds is 7. The standard InChI is InChI=1S/C33H33F4NP2/c1-23(2)38(40(4,30-19-11-17-26(34)32(30)36)31-20-12-18-27(35)33(31)37)39(3)28(24-13-7-5-8-14-24)21-22-29(39)25-15-9-6-10-16-25/h5-20,23,28-29H,3-4,21-22H2,1-2H3/t28-,29-/m0/s1. The van der Waals surface area contributed by atoms with Gasteiger partial charge in [0.05, 0.1) is 24.8 Å². The molecule has 1 heterocycles. The van der Waals surface area contributed by atoms with Crippen molar-refractivity contribution in [1.29, 1.82) is 0 Å². The highest BCUT2D eigenvalue weighted by Gasteiger charge is 2.62. The monoisotopic (exact) mass is 581 g/mol. The van der Waals surface area contributed by atoms with Crippen LogP contribution in [0.15, 0.2) is 97.1 Å². The van der Waals surface area contributed by atoms with Crippen LogP contribution in [0, 0.1) is 36.6 Å². The van der Waals surface area contributed by atoms with Crippen molar-refractivity contribution < 1.29 is 17.6 Å². The van der Waals surface area contributed by atoms with Crippen molar-refractivity contribution in [3.05, 3.63) is 145 Å². The van der Waals surface area contributed by atoms with Gasteiger partial charge in [0, 0.05) is 7.41 Å². The first-order valence-electron chi connectivity index (χ1n) is 13.4. The molecule has 40 heavy (non-hydrogen) atoms. The molecule has 0 aliphatic carbocycles. The normalized spacial score (nSPS) is 18.9. The van der Waals surface area contributed by atoms with E-state index in [0.717, 1.165) is 36.1 Å². The Morgan fingerprint density at radius 3 is 1.45 bits per heavy atom. The molecule has 0 saturated carbocycles. The first kappa shape index (κ1) is 28.9. The topological polar surface area (TPSA) is 3.24 Å². The van der Waals surface area contributed by atoms with Crippen molar-refractivity contribution in [2.45, 2.75) is 44.0 Å². The van der Waals surface area contributed by atoms with E-state index < -0.39 is 38.1 Å². The van der Waals surface area contributed by atoms with E-state index in [1.54, 1.807) is 0 Å². The van der Waals surface area contributed by atoms with E-state index in [1.807, 2.05) is 50.2 Å². The summed E-state index contributed by atoms with van der Waals surface area (Å²) in [6, 6.07) is 27.7. The number of hydrogen-bond donors (Lipinski definition) is 0. The molecule has 4 aromatic carbocycles. The lowest BCUT2D eigenvalue weighted by Crippen LogP contribution is -2.42. The maximum Gasteiger partial charge on any atom is 0.200 e. The largest absolute Gasteiger partial charge is 0.204 e. The highest BCUT2D eigenvalue weighted by Crippen LogP contribution is 2.92. The second-order valence-electron chi connectivity index (χ2n) is 10.6. The van der Waals surface area contributed by atoms with Crippen LogP contribution in [0.2, 0.25) is 0 Å². The maximum atomic E-state index is 15.9. The third kappa shape index (κ3) is 4.71. The van der Waals surface area contributed by atoms with Gasteiger partial charge in [-0.25, -0.2) is 8.78 Å². The number of halogens is 4. The molecule has 0 amide bonds. The smallest absolute Gasteiger partial charge is 0.200 e. The van der Waals surface area contributed by atoms with E-state index >= 15 is 8.78 Å². The van der Waals surface area contributed by atoms with Gasteiger partial charge in [0.1, 0.15) is 10.6 Å². The molecular formula is C33H33F4NP2. The molecule has 0 radical (unpaired) electrons. The first-order valence-corrected chi connectivity index (χ1v) is 17.4. The molecule has 4 aromatic rings. The fourth-order valence-corrected chi connectivity index (χ4v) is 17.5. The van der Waals surface area contributed by atoms with Gasteiger partial charge in [0.15, 0.2) is 23.3 Å². The molecule has 1 nitrogen and oxygen atoms in total. The van der Waals surface area contributed by atoms with Crippen LogP contribution >= 0.6 is 14.8 Å². The number of hydrogen-bond acceptors (Lipinski definition) is 1. The summed E-state index contributed by atoms with van der Waals surface area (Å²) < 4.78 is 63.5. The summed E-state index contributed by atoms with van der Waals surface area (Å²) >= 11 is 0. The van der Waals surface area contributed by atoms with Crippen LogP contribution in [-0.4, -0.2) is 10.5 Å². The molecule has 0 bridgehead atoms. The number of nitrogens with zero attached hydrogens (tertiary/aromatic N) is 1. The molecule has 1 fully saturated rings. The molecule has 1 saturated heterocycles. The van der Waals surface area contributed by atoms with Gasteiger partial charge in [-0.15, -0.1) is 11.1 Å². The summed E-state index contributed by atoms with van der Waals surface area (Å²) in [5, 5.41) is -0.0847. The minimum atomic E-state index is -3.56. The predicted molar refractivity (Wildman–Crippen MR) is 161 cm³/mol. The van der Waals surface area contributed by atoms with E-state index in [0.29, 0.717) is 0 Å². The lowest BCUT2D eigenvalue weighted by Gasteiger charge is -2.53. The van der Waals surface area contributed by atoms with Gasteiger partial charge in [0.25, 0.3) is 0 Å². The fraction of sp³-hybridized carbons (Fsp3) is 0.212. The van der Waals surface area contributed by atoms with Crippen LogP contribution in [-0.2, 0) is 0 Å². The zero-order chi connectivity index (χ0) is 28.7. The third-order valence-electron chi connectivity index (χ3n) is 8.01. The number of benzene rings is 4. The molecule has 1 aliphatic heterocycles. The Morgan fingerprint density at radius 1 is 0.675 bits per heavy atom. The highest BCUT2D eigenvalue weighted by molar-refractivity contribution is 7.97. The van der Waals surface area contributed by atoms with Crippen molar-refractivity contribution in [3.8, 4) is 0 Å². The lowest BCUT2D eigenvalue weighted by atomic mass is 10.0. The molecule has 2 atom stereocenters. The molecule has 0 N–H and O–H groups in total. The summed E-state index contributed by atoms with van der Waals surface area (Å²) in [6.45, 7) is 13.5. The van der Waals surface area contributed by atoms with Gasteiger partial charge in [0.2, 0.25) is 0 Å². The molecule has 0 aromatic heterocycles. The Kier molecular flexibility index (Phi) is 8.22. The summed E-state index contributed by atoms with van der Waals surface area (Å²) in [4.78, 5) is 0. The Balaban J connectivity index is 1.86. The SMILES string of the molecule is [CH2-][P+](c1cccc(F)c1F)(c1cccc(F)c1F)N(C(C)C)[P+]1([CH2-])[C@H](c2ccccc2)CC[C@H]1c1ccccc1. The fourth-order valence-electron chi connectivity index (χ4n) is 6.48. The third-order valence-corrected chi connectivity index (χ3v) is 17.9. The molecule has 1 aliphatic rings. The van der Waals surface area contributed by atoms with Crippen molar-refractivity contribution in [2.24, 2.45) is 0 Å². The van der Waals surface area contributed by atoms with E-state index in [1.165, 1.54) is 24.3 Å². The highest BCUT2D eigenvalue weighted by atomic mass is 31.2. The Bertz CT molecular complexity index is 1380. The van der Waals surface area contributed by atoms with Crippen LogP contribution in [0.1, 0.15) is 49.1 Å². The average Bonchev–Trinajstić information content (AvgIpc) is 3.29. The van der Waals surface area contributed by atoms with E-state index in [-0.39, 0.29) is 28.0 Å². The summed E-state index contributed by atoms with van der Waals surface area (Å²) in [5.41, 5.74) is 2.13. The first-order chi connectivity index (χ1) is 19.1. The maximum absolute atomic E-state index is 15.9. The van der Waals surface area contributed by atoms with Crippen molar-refractivity contribution in [3.63, 3.8) is 0 Å². The summed E-state index contributed by atoms with van der Waals surface area (Å²) in [7, 11) is -6.24. The van der Waals surface area contributed by atoms with Gasteiger partial charge in [-0.3, -0.25) is 0 Å². The van der Waals surface area contributed by atoms with E-state index in [4.69, 9.17) is 6.66 Å². The second-order valence-corrected chi connectivity index (χ2v) is 17.3. The van der Waals surface area contributed by atoms with E-state index in [9.17, 15) is 8.78 Å². The van der Waals surface area contributed by atoms with Gasteiger partial charge in [-0.05, 0) is 62.1 Å². The minimum absolute atomic E-state index is 0.0318. The Morgan fingerprint density at radius 2 is 1.07 bits per heavy atom. The van der Waals surface area contributed by atoms with E-state index in [2.05, 4.69) is 35.4 Å². The Hall–Kier alpha value is -2.58. The van der Waals surface area contributed by atoms with Gasteiger partial charge < -0.3 is 0 Å². The van der Waals surface area contributed by atoms with Crippen LogP contribution < -0.4 is 10.6 Å². The summed E-state index contributed by atoms with van der Waals surface area (Å²) in [5.74, 6) is -4.27.